The number of aromatic nitrogens is 3. The highest BCUT2D eigenvalue weighted by Crippen LogP contribution is 2.23. The zero-order valence-corrected chi connectivity index (χ0v) is 13.0. The van der Waals surface area contributed by atoms with Crippen LogP contribution < -0.4 is 4.74 Å². The van der Waals surface area contributed by atoms with Crippen molar-refractivity contribution in [3.63, 3.8) is 0 Å². The smallest absolute Gasteiger partial charge is 0.119 e. The Kier molecular flexibility index (Phi) is 5.22. The highest BCUT2D eigenvalue weighted by atomic mass is 79.9. The highest BCUT2D eigenvalue weighted by molar-refractivity contribution is 9.10. The molecule has 0 unspecified atom stereocenters. The number of alkyl halides is 1. The highest BCUT2D eigenvalue weighted by Gasteiger charge is 2.06. The average molecular weight is 345 g/mol. The monoisotopic (exact) mass is 343 g/mol. The summed E-state index contributed by atoms with van der Waals surface area (Å²) in [5.41, 5.74) is 2.08. The van der Waals surface area contributed by atoms with Gasteiger partial charge in [-0.25, -0.2) is 4.68 Å². The molecule has 0 spiro atoms. The van der Waals surface area contributed by atoms with Crippen molar-refractivity contribution in [2.75, 3.05) is 13.0 Å². The van der Waals surface area contributed by atoms with Gasteiger partial charge in [0.25, 0.3) is 0 Å². The Morgan fingerprint density at radius 2 is 2.26 bits per heavy atom. The largest absolute Gasteiger partial charge is 0.497 e. The number of ether oxygens (including phenoxy) is 1. The lowest BCUT2D eigenvalue weighted by Crippen LogP contribution is -2.01. The van der Waals surface area contributed by atoms with E-state index in [-0.39, 0.29) is 0 Å². The van der Waals surface area contributed by atoms with Gasteiger partial charge in [0, 0.05) is 16.5 Å². The number of nitrogens with zero attached hydrogens (tertiary/aromatic N) is 3. The first kappa shape index (κ1) is 14.3. The van der Waals surface area contributed by atoms with Gasteiger partial charge in [-0.1, -0.05) is 21.1 Å². The number of methoxy groups -OCH3 is 1. The fraction of sp³-hybridized carbons (Fsp3) is 0.385. The van der Waals surface area contributed by atoms with Gasteiger partial charge in [-0.15, -0.1) is 16.7 Å². The van der Waals surface area contributed by atoms with Crippen molar-refractivity contribution in [2.24, 2.45) is 0 Å². The lowest BCUT2D eigenvalue weighted by atomic mass is 10.2. The lowest BCUT2D eigenvalue weighted by Gasteiger charge is -2.06. The first-order valence-electron chi connectivity index (χ1n) is 6.00. The van der Waals surface area contributed by atoms with Crippen LogP contribution in [-0.2, 0) is 13.0 Å². The summed E-state index contributed by atoms with van der Waals surface area (Å²) in [6, 6.07) is 5.88. The minimum absolute atomic E-state index is 0.647. The van der Waals surface area contributed by atoms with E-state index in [0.29, 0.717) is 12.4 Å². The SMILES string of the molecule is COc1ccc(Br)c(Cn2cc(CCCCl)nn2)c1. The molecule has 0 amide bonds. The van der Waals surface area contributed by atoms with Crippen molar-refractivity contribution in [2.45, 2.75) is 19.4 Å². The van der Waals surface area contributed by atoms with Gasteiger partial charge < -0.3 is 4.74 Å². The molecule has 19 heavy (non-hydrogen) atoms. The molecule has 4 nitrogen and oxygen atoms in total. The van der Waals surface area contributed by atoms with Gasteiger partial charge in [0.2, 0.25) is 0 Å². The molecule has 0 aliphatic heterocycles. The predicted molar refractivity (Wildman–Crippen MR) is 78.9 cm³/mol. The van der Waals surface area contributed by atoms with Crippen LogP contribution in [-0.4, -0.2) is 28.0 Å². The first-order valence-corrected chi connectivity index (χ1v) is 7.33. The normalized spacial score (nSPS) is 10.7. The molecule has 0 aliphatic carbocycles. The van der Waals surface area contributed by atoms with Crippen LogP contribution in [0, 0.1) is 0 Å². The molecule has 2 aromatic rings. The van der Waals surface area contributed by atoms with Gasteiger partial charge in [0.15, 0.2) is 0 Å². The van der Waals surface area contributed by atoms with Gasteiger partial charge >= 0.3 is 0 Å². The van der Waals surface area contributed by atoms with E-state index in [1.165, 1.54) is 0 Å². The standard InChI is InChI=1S/C13H15BrClN3O/c1-19-12-4-5-13(14)10(7-12)8-18-9-11(16-17-18)3-2-6-15/h4-5,7,9H,2-3,6,8H2,1H3. The molecular formula is C13H15BrClN3O. The van der Waals surface area contributed by atoms with E-state index in [1.807, 2.05) is 29.1 Å². The second-order valence-electron chi connectivity index (χ2n) is 4.16. The van der Waals surface area contributed by atoms with E-state index in [0.717, 1.165) is 34.3 Å². The Balaban J connectivity index is 2.10. The predicted octanol–water partition coefficient (Wildman–Crippen LogP) is 3.27. The number of aryl methyl sites for hydroxylation is 1. The van der Waals surface area contributed by atoms with Gasteiger partial charge in [-0.05, 0) is 36.6 Å². The van der Waals surface area contributed by atoms with Crippen molar-refractivity contribution >= 4 is 27.5 Å². The van der Waals surface area contributed by atoms with Gasteiger partial charge in [0.05, 0.1) is 19.3 Å². The maximum absolute atomic E-state index is 5.67. The van der Waals surface area contributed by atoms with Crippen LogP contribution in [0.3, 0.4) is 0 Å². The third-order valence-corrected chi connectivity index (χ3v) is 3.78. The molecule has 1 heterocycles. The summed E-state index contributed by atoms with van der Waals surface area (Å²) in [7, 11) is 1.66. The van der Waals surface area contributed by atoms with Crippen molar-refractivity contribution in [1.29, 1.82) is 0 Å². The van der Waals surface area contributed by atoms with E-state index in [2.05, 4.69) is 26.2 Å². The van der Waals surface area contributed by atoms with Crippen LogP contribution in [0.5, 0.6) is 5.75 Å². The molecule has 0 aliphatic rings. The molecular weight excluding hydrogens is 330 g/mol. The van der Waals surface area contributed by atoms with Crippen molar-refractivity contribution in [3.8, 4) is 5.75 Å². The summed E-state index contributed by atoms with van der Waals surface area (Å²) in [6.07, 6.45) is 3.74. The van der Waals surface area contributed by atoms with E-state index in [4.69, 9.17) is 16.3 Å². The van der Waals surface area contributed by atoms with E-state index >= 15 is 0 Å². The fourth-order valence-corrected chi connectivity index (χ4v) is 2.26. The zero-order chi connectivity index (χ0) is 13.7. The van der Waals surface area contributed by atoms with Crippen LogP contribution in [0.25, 0.3) is 0 Å². The fourth-order valence-electron chi connectivity index (χ4n) is 1.75. The zero-order valence-electron chi connectivity index (χ0n) is 10.6. The topological polar surface area (TPSA) is 39.9 Å². The van der Waals surface area contributed by atoms with Crippen LogP contribution >= 0.6 is 27.5 Å². The summed E-state index contributed by atoms with van der Waals surface area (Å²) in [4.78, 5) is 0. The third-order valence-electron chi connectivity index (χ3n) is 2.74. The van der Waals surface area contributed by atoms with Crippen LogP contribution in [0.2, 0.25) is 0 Å². The molecule has 6 heteroatoms. The molecule has 0 saturated carbocycles. The number of halogens is 2. The number of rotatable bonds is 6. The van der Waals surface area contributed by atoms with Crippen molar-refractivity contribution in [1.82, 2.24) is 15.0 Å². The molecule has 0 radical (unpaired) electrons. The second-order valence-corrected chi connectivity index (χ2v) is 5.39. The summed E-state index contributed by atoms with van der Waals surface area (Å²) < 4.78 is 8.08. The molecule has 0 saturated heterocycles. The van der Waals surface area contributed by atoms with E-state index in [9.17, 15) is 0 Å². The van der Waals surface area contributed by atoms with Gasteiger partial charge in [0.1, 0.15) is 5.75 Å². The molecule has 2 rings (SSSR count). The van der Waals surface area contributed by atoms with Crippen LogP contribution in [0.15, 0.2) is 28.9 Å². The molecule has 1 aromatic carbocycles. The summed E-state index contributed by atoms with van der Waals surface area (Å²) >= 11 is 9.20. The summed E-state index contributed by atoms with van der Waals surface area (Å²) in [5, 5.41) is 8.25. The molecule has 0 bridgehead atoms. The Labute approximate surface area is 125 Å². The number of hydrogen-bond acceptors (Lipinski definition) is 3. The van der Waals surface area contributed by atoms with Crippen molar-refractivity contribution < 1.29 is 4.74 Å². The minimum Gasteiger partial charge on any atom is -0.497 e. The summed E-state index contributed by atoms with van der Waals surface area (Å²) in [5.74, 6) is 1.48. The van der Waals surface area contributed by atoms with E-state index < -0.39 is 0 Å². The first-order chi connectivity index (χ1) is 9.22. The van der Waals surface area contributed by atoms with Crippen molar-refractivity contribution in [3.05, 3.63) is 40.1 Å². The third kappa shape index (κ3) is 3.94. The molecule has 0 fully saturated rings. The van der Waals surface area contributed by atoms with E-state index in [1.54, 1.807) is 7.11 Å². The Morgan fingerprint density at radius 1 is 1.42 bits per heavy atom. The molecule has 0 atom stereocenters. The van der Waals surface area contributed by atoms with Crippen LogP contribution in [0.4, 0.5) is 0 Å². The Hall–Kier alpha value is -1.07. The molecule has 102 valence electrons. The Bertz CT molecular complexity index is 544. The van der Waals surface area contributed by atoms with Gasteiger partial charge in [-0.2, -0.15) is 0 Å². The average Bonchev–Trinajstić information content (AvgIpc) is 2.86. The van der Waals surface area contributed by atoms with Crippen LogP contribution in [0.1, 0.15) is 17.7 Å². The maximum atomic E-state index is 5.67. The number of hydrogen-bond donors (Lipinski definition) is 0. The number of benzene rings is 1. The maximum Gasteiger partial charge on any atom is 0.119 e. The second kappa shape index (κ2) is 6.91. The minimum atomic E-state index is 0.647. The van der Waals surface area contributed by atoms with Gasteiger partial charge in [-0.3, -0.25) is 0 Å². The quantitative estimate of drug-likeness (QED) is 0.755. The summed E-state index contributed by atoms with van der Waals surface area (Å²) in [6.45, 7) is 0.658. The lowest BCUT2D eigenvalue weighted by molar-refractivity contribution is 0.414. The Morgan fingerprint density at radius 3 is 3.00 bits per heavy atom. The molecule has 0 N–H and O–H groups in total. The molecule has 1 aromatic heterocycles.